The van der Waals surface area contributed by atoms with Gasteiger partial charge < -0.3 is 14.4 Å². The van der Waals surface area contributed by atoms with Gasteiger partial charge in [-0.15, -0.1) is 11.3 Å². The fourth-order valence-electron chi connectivity index (χ4n) is 1.66. The minimum atomic E-state index is -1.04. The van der Waals surface area contributed by atoms with Crippen LogP contribution in [0, 0.1) is 0 Å². The van der Waals surface area contributed by atoms with Crippen molar-refractivity contribution in [2.75, 3.05) is 6.54 Å². The number of thiazole rings is 1. The molecule has 7 heteroatoms. The lowest BCUT2D eigenvalue weighted by atomic mass is 10.3. The zero-order valence-corrected chi connectivity index (χ0v) is 11.9. The summed E-state index contributed by atoms with van der Waals surface area (Å²) in [6.45, 7) is 3.22. The Hall–Kier alpha value is -2.15. The summed E-state index contributed by atoms with van der Waals surface area (Å²) < 4.78 is 5.21. The maximum Gasteiger partial charge on any atom is 0.323 e. The zero-order chi connectivity index (χ0) is 14.7. The molecule has 0 aliphatic rings. The zero-order valence-electron chi connectivity index (χ0n) is 11.1. The van der Waals surface area contributed by atoms with Crippen LogP contribution in [-0.4, -0.2) is 39.5 Å². The number of hydrogen-bond acceptors (Lipinski definition) is 5. The monoisotopic (exact) mass is 294 g/mol. The van der Waals surface area contributed by atoms with Crippen molar-refractivity contribution in [2.24, 2.45) is 0 Å². The largest absolute Gasteiger partial charge is 0.480 e. The third-order valence-corrected chi connectivity index (χ3v) is 3.64. The Kier molecular flexibility index (Phi) is 4.19. The van der Waals surface area contributed by atoms with Crippen molar-refractivity contribution in [1.82, 2.24) is 9.88 Å². The molecule has 0 saturated heterocycles. The Morgan fingerprint density at radius 2 is 2.25 bits per heavy atom. The van der Waals surface area contributed by atoms with Crippen LogP contribution in [0.4, 0.5) is 0 Å². The summed E-state index contributed by atoms with van der Waals surface area (Å²) in [6.07, 6.45) is 2.98. The van der Waals surface area contributed by atoms with Crippen LogP contribution in [0.2, 0.25) is 0 Å². The van der Waals surface area contributed by atoms with Crippen LogP contribution in [0.1, 0.15) is 23.5 Å². The Bertz CT molecular complexity index is 604. The molecular formula is C13H14N2O4S. The topological polar surface area (TPSA) is 83.6 Å². The van der Waals surface area contributed by atoms with E-state index in [1.54, 1.807) is 26.0 Å². The summed E-state index contributed by atoms with van der Waals surface area (Å²) in [4.78, 5) is 28.9. The van der Waals surface area contributed by atoms with Crippen LogP contribution >= 0.6 is 11.3 Å². The first-order valence-electron chi connectivity index (χ1n) is 6.01. The van der Waals surface area contributed by atoms with Crippen LogP contribution in [0.5, 0.6) is 0 Å². The van der Waals surface area contributed by atoms with E-state index in [2.05, 4.69) is 4.98 Å². The molecular weight excluding hydrogens is 280 g/mol. The average molecular weight is 294 g/mol. The molecule has 2 aromatic rings. The van der Waals surface area contributed by atoms with Crippen molar-refractivity contribution >= 4 is 23.2 Å². The van der Waals surface area contributed by atoms with Crippen molar-refractivity contribution in [3.8, 4) is 10.8 Å². The molecule has 20 heavy (non-hydrogen) atoms. The normalized spacial score (nSPS) is 10.8. The minimum absolute atomic E-state index is 0.201. The minimum Gasteiger partial charge on any atom is -0.480 e. The lowest BCUT2D eigenvalue weighted by Crippen LogP contribution is -2.40. The van der Waals surface area contributed by atoms with Gasteiger partial charge in [-0.1, -0.05) is 0 Å². The molecule has 0 saturated carbocycles. The molecule has 2 rings (SSSR count). The Morgan fingerprint density at radius 3 is 2.80 bits per heavy atom. The van der Waals surface area contributed by atoms with Gasteiger partial charge in [-0.25, -0.2) is 4.98 Å². The summed E-state index contributed by atoms with van der Waals surface area (Å²) in [5, 5.41) is 9.46. The summed E-state index contributed by atoms with van der Waals surface area (Å²) >= 11 is 1.18. The predicted octanol–water partition coefficient (Wildman–Crippen LogP) is 2.34. The molecule has 0 atom stereocenters. The van der Waals surface area contributed by atoms with E-state index in [-0.39, 0.29) is 18.5 Å². The average Bonchev–Trinajstić information content (AvgIpc) is 3.04. The standard InChI is InChI=1S/C13H14N2O4S/c1-8(2)15(7-11(16)17)13(18)10-6-14-12(20-10)9-4-3-5-19-9/h3-6,8H,7H2,1-2H3,(H,16,17). The van der Waals surface area contributed by atoms with Crippen molar-refractivity contribution in [1.29, 1.82) is 0 Å². The Labute approximate surface area is 119 Å². The second-order valence-corrected chi connectivity index (χ2v) is 5.46. The molecule has 0 aromatic carbocycles. The van der Waals surface area contributed by atoms with E-state index in [0.29, 0.717) is 15.6 Å². The maximum absolute atomic E-state index is 12.3. The number of aromatic nitrogens is 1. The third kappa shape index (κ3) is 3.05. The van der Waals surface area contributed by atoms with E-state index in [1.165, 1.54) is 28.7 Å². The highest BCUT2D eigenvalue weighted by Gasteiger charge is 2.23. The molecule has 0 spiro atoms. The second kappa shape index (κ2) is 5.87. The summed E-state index contributed by atoms with van der Waals surface area (Å²) in [5.74, 6) is -0.788. The molecule has 1 amide bonds. The van der Waals surface area contributed by atoms with Crippen LogP contribution in [0.3, 0.4) is 0 Å². The number of carbonyl (C=O) groups excluding carboxylic acids is 1. The molecule has 2 heterocycles. The van der Waals surface area contributed by atoms with Gasteiger partial charge in [-0.3, -0.25) is 9.59 Å². The number of rotatable bonds is 5. The van der Waals surface area contributed by atoms with Crippen LogP contribution in [0.15, 0.2) is 29.0 Å². The molecule has 6 nitrogen and oxygen atoms in total. The van der Waals surface area contributed by atoms with E-state index in [1.807, 2.05) is 0 Å². The number of carboxylic acids is 1. The number of amides is 1. The van der Waals surface area contributed by atoms with E-state index in [4.69, 9.17) is 9.52 Å². The number of nitrogens with zero attached hydrogens (tertiary/aromatic N) is 2. The highest BCUT2D eigenvalue weighted by atomic mass is 32.1. The number of hydrogen-bond donors (Lipinski definition) is 1. The molecule has 0 aliphatic heterocycles. The highest BCUT2D eigenvalue weighted by Crippen LogP contribution is 2.26. The van der Waals surface area contributed by atoms with Crippen molar-refractivity contribution < 1.29 is 19.1 Å². The summed E-state index contributed by atoms with van der Waals surface area (Å²) in [7, 11) is 0. The summed E-state index contributed by atoms with van der Waals surface area (Å²) in [6, 6.07) is 3.29. The van der Waals surface area contributed by atoms with Gasteiger partial charge in [0.1, 0.15) is 11.4 Å². The van der Waals surface area contributed by atoms with Gasteiger partial charge in [0.2, 0.25) is 0 Å². The molecule has 106 valence electrons. The highest BCUT2D eigenvalue weighted by molar-refractivity contribution is 7.16. The lowest BCUT2D eigenvalue weighted by Gasteiger charge is -2.23. The lowest BCUT2D eigenvalue weighted by molar-refractivity contribution is -0.138. The molecule has 2 aromatic heterocycles. The first kappa shape index (κ1) is 14.3. The van der Waals surface area contributed by atoms with Gasteiger partial charge in [0.05, 0.1) is 12.5 Å². The Morgan fingerprint density at radius 1 is 1.50 bits per heavy atom. The smallest absolute Gasteiger partial charge is 0.323 e. The molecule has 0 fully saturated rings. The third-order valence-electron chi connectivity index (χ3n) is 2.64. The fourth-order valence-corrected chi connectivity index (χ4v) is 2.50. The number of carboxylic acid groups (broad SMARTS) is 1. The molecule has 0 unspecified atom stereocenters. The van der Waals surface area contributed by atoms with Gasteiger partial charge in [-0.2, -0.15) is 0 Å². The maximum atomic E-state index is 12.3. The predicted molar refractivity (Wildman–Crippen MR) is 73.6 cm³/mol. The number of furan rings is 1. The van der Waals surface area contributed by atoms with Gasteiger partial charge >= 0.3 is 5.97 Å². The van der Waals surface area contributed by atoms with Crippen LogP contribution in [-0.2, 0) is 4.79 Å². The van der Waals surface area contributed by atoms with E-state index < -0.39 is 5.97 Å². The van der Waals surface area contributed by atoms with Crippen LogP contribution < -0.4 is 0 Å². The first-order valence-corrected chi connectivity index (χ1v) is 6.83. The number of aliphatic carboxylic acids is 1. The van der Waals surface area contributed by atoms with Crippen molar-refractivity contribution in [3.63, 3.8) is 0 Å². The second-order valence-electron chi connectivity index (χ2n) is 4.43. The van der Waals surface area contributed by atoms with E-state index in [0.717, 1.165) is 0 Å². The number of carbonyl (C=O) groups is 2. The molecule has 0 radical (unpaired) electrons. The van der Waals surface area contributed by atoms with Crippen molar-refractivity contribution in [2.45, 2.75) is 19.9 Å². The Balaban J connectivity index is 2.22. The van der Waals surface area contributed by atoms with Gasteiger partial charge in [-0.05, 0) is 26.0 Å². The van der Waals surface area contributed by atoms with Gasteiger partial charge in [0.15, 0.2) is 10.8 Å². The van der Waals surface area contributed by atoms with Crippen LogP contribution in [0.25, 0.3) is 10.8 Å². The SMILES string of the molecule is CC(C)N(CC(=O)O)C(=O)c1cnc(-c2ccco2)s1. The molecule has 0 aliphatic carbocycles. The van der Waals surface area contributed by atoms with Gasteiger partial charge in [0.25, 0.3) is 5.91 Å². The summed E-state index contributed by atoms with van der Waals surface area (Å²) in [5.41, 5.74) is 0. The van der Waals surface area contributed by atoms with E-state index >= 15 is 0 Å². The molecule has 0 bridgehead atoms. The van der Waals surface area contributed by atoms with E-state index in [9.17, 15) is 9.59 Å². The van der Waals surface area contributed by atoms with Crippen molar-refractivity contribution in [3.05, 3.63) is 29.5 Å². The molecule has 1 N–H and O–H groups in total. The quantitative estimate of drug-likeness (QED) is 0.915. The first-order chi connectivity index (χ1) is 9.49. The van der Waals surface area contributed by atoms with Gasteiger partial charge in [0, 0.05) is 6.04 Å². The fraction of sp³-hybridized carbons (Fsp3) is 0.308.